The Morgan fingerprint density at radius 1 is 1.05 bits per heavy atom. The van der Waals surface area contributed by atoms with Crippen molar-refractivity contribution < 1.29 is 27.9 Å². The molecule has 2 atom stereocenters. The fourth-order valence-electron chi connectivity index (χ4n) is 3.66. The normalized spacial score (nSPS) is 27.7. The number of carbonyl (C=O) groups is 2. The lowest BCUT2D eigenvalue weighted by Crippen LogP contribution is -2.47. The number of piperidine rings is 1. The van der Waals surface area contributed by atoms with Gasteiger partial charge in [0.15, 0.2) is 0 Å². The van der Waals surface area contributed by atoms with Crippen molar-refractivity contribution in [3.8, 4) is 0 Å². The van der Waals surface area contributed by atoms with E-state index in [4.69, 9.17) is 5.11 Å². The molecule has 1 amide bonds. The molecule has 1 saturated heterocycles. The fourth-order valence-corrected chi connectivity index (χ4v) is 3.66. The molecule has 1 heterocycles. The number of carboxylic acid groups (broad SMARTS) is 1. The highest BCUT2D eigenvalue weighted by atomic mass is 19.4. The number of hydrogen-bond donors (Lipinski definition) is 1. The topological polar surface area (TPSA) is 57.6 Å². The van der Waals surface area contributed by atoms with Crippen LogP contribution in [0.4, 0.5) is 13.2 Å². The molecule has 2 aliphatic rings. The average molecular weight is 321 g/mol. The minimum absolute atomic E-state index is 0.0197. The first-order chi connectivity index (χ1) is 10.3. The number of carbonyl (C=O) groups excluding carboxylic acids is 1. The van der Waals surface area contributed by atoms with Crippen molar-refractivity contribution in [1.82, 2.24) is 4.90 Å². The Bertz CT molecular complexity index is 417. The number of likely N-dealkylation sites (tertiary alicyclic amines) is 1. The molecule has 0 aromatic carbocycles. The van der Waals surface area contributed by atoms with Crippen LogP contribution in [0.25, 0.3) is 0 Å². The van der Waals surface area contributed by atoms with E-state index < -0.39 is 29.9 Å². The van der Waals surface area contributed by atoms with Gasteiger partial charge in [0.2, 0.25) is 5.91 Å². The number of halogens is 3. The van der Waals surface area contributed by atoms with E-state index in [2.05, 4.69) is 0 Å². The van der Waals surface area contributed by atoms with Gasteiger partial charge in [0.1, 0.15) is 0 Å². The van der Waals surface area contributed by atoms with E-state index in [-0.39, 0.29) is 18.8 Å². The standard InChI is InChI=1S/C15H22F3NO3/c16-15(17,18)12-4-2-1-3-11(12)14(22)19-7-5-10(6-8-19)9-13(20)21/h10-12H,1-9H2,(H,20,21). The Labute approximate surface area is 127 Å². The molecule has 126 valence electrons. The van der Waals surface area contributed by atoms with Crippen LogP contribution in [-0.2, 0) is 9.59 Å². The third-order valence-electron chi connectivity index (χ3n) is 4.89. The van der Waals surface area contributed by atoms with Gasteiger partial charge in [-0.25, -0.2) is 0 Å². The summed E-state index contributed by atoms with van der Waals surface area (Å²) in [6, 6.07) is 0. The molecule has 0 aromatic rings. The number of nitrogens with zero attached hydrogens (tertiary/aromatic N) is 1. The van der Waals surface area contributed by atoms with Crippen molar-refractivity contribution in [2.75, 3.05) is 13.1 Å². The van der Waals surface area contributed by atoms with Gasteiger partial charge in [-0.2, -0.15) is 13.2 Å². The van der Waals surface area contributed by atoms with E-state index in [0.29, 0.717) is 45.2 Å². The molecular weight excluding hydrogens is 299 g/mol. The van der Waals surface area contributed by atoms with Gasteiger partial charge in [0, 0.05) is 25.4 Å². The Balaban J connectivity index is 1.95. The van der Waals surface area contributed by atoms with Gasteiger partial charge in [0.25, 0.3) is 0 Å². The molecule has 0 radical (unpaired) electrons. The van der Waals surface area contributed by atoms with E-state index in [1.54, 1.807) is 0 Å². The maximum Gasteiger partial charge on any atom is 0.392 e. The van der Waals surface area contributed by atoms with Crippen LogP contribution in [0.5, 0.6) is 0 Å². The molecule has 1 aliphatic carbocycles. The summed E-state index contributed by atoms with van der Waals surface area (Å²) in [5, 5.41) is 8.76. The summed E-state index contributed by atoms with van der Waals surface area (Å²) in [5.41, 5.74) is 0. The van der Waals surface area contributed by atoms with Crippen LogP contribution in [0.15, 0.2) is 0 Å². The maximum absolute atomic E-state index is 13.1. The molecule has 0 bridgehead atoms. The molecule has 1 aliphatic heterocycles. The highest BCUT2D eigenvalue weighted by Gasteiger charge is 2.49. The minimum Gasteiger partial charge on any atom is -0.481 e. The van der Waals surface area contributed by atoms with Crippen LogP contribution in [-0.4, -0.2) is 41.1 Å². The summed E-state index contributed by atoms with van der Waals surface area (Å²) in [7, 11) is 0. The Hall–Kier alpha value is -1.27. The number of carboxylic acids is 1. The molecule has 1 saturated carbocycles. The zero-order chi connectivity index (χ0) is 16.3. The monoisotopic (exact) mass is 321 g/mol. The SMILES string of the molecule is O=C(O)CC1CCN(C(=O)C2CCCCC2C(F)(F)F)CC1. The van der Waals surface area contributed by atoms with Gasteiger partial charge in [-0.1, -0.05) is 12.8 Å². The fraction of sp³-hybridized carbons (Fsp3) is 0.867. The molecule has 22 heavy (non-hydrogen) atoms. The second-order valence-electron chi connectivity index (χ2n) is 6.41. The minimum atomic E-state index is -4.32. The zero-order valence-electron chi connectivity index (χ0n) is 12.4. The Morgan fingerprint density at radius 2 is 1.64 bits per heavy atom. The number of aliphatic carboxylic acids is 1. The quantitative estimate of drug-likeness (QED) is 0.869. The maximum atomic E-state index is 13.1. The molecule has 1 N–H and O–H groups in total. The Morgan fingerprint density at radius 3 is 2.18 bits per heavy atom. The van der Waals surface area contributed by atoms with Crippen molar-refractivity contribution in [3.63, 3.8) is 0 Å². The van der Waals surface area contributed by atoms with Crippen molar-refractivity contribution in [3.05, 3.63) is 0 Å². The van der Waals surface area contributed by atoms with E-state index in [1.165, 1.54) is 4.90 Å². The number of rotatable bonds is 3. The number of amides is 1. The van der Waals surface area contributed by atoms with Crippen molar-refractivity contribution in [2.24, 2.45) is 17.8 Å². The zero-order valence-corrected chi connectivity index (χ0v) is 12.4. The first-order valence-electron chi connectivity index (χ1n) is 7.86. The van der Waals surface area contributed by atoms with Gasteiger partial charge in [-0.05, 0) is 31.6 Å². The van der Waals surface area contributed by atoms with Gasteiger partial charge < -0.3 is 10.0 Å². The molecule has 2 rings (SSSR count). The third-order valence-corrected chi connectivity index (χ3v) is 4.89. The van der Waals surface area contributed by atoms with Crippen LogP contribution in [0, 0.1) is 17.8 Å². The van der Waals surface area contributed by atoms with Gasteiger partial charge >= 0.3 is 12.1 Å². The van der Waals surface area contributed by atoms with Crippen LogP contribution in [0.2, 0.25) is 0 Å². The highest BCUT2D eigenvalue weighted by Crippen LogP contribution is 2.42. The lowest BCUT2D eigenvalue weighted by Gasteiger charge is -2.38. The summed E-state index contributed by atoms with van der Waals surface area (Å²) < 4.78 is 39.3. The lowest BCUT2D eigenvalue weighted by molar-refractivity contribution is -0.201. The average Bonchev–Trinajstić information content (AvgIpc) is 2.46. The molecule has 2 fully saturated rings. The molecule has 0 aromatic heterocycles. The third kappa shape index (κ3) is 4.14. The summed E-state index contributed by atoms with van der Waals surface area (Å²) >= 11 is 0. The largest absolute Gasteiger partial charge is 0.481 e. The van der Waals surface area contributed by atoms with Gasteiger partial charge in [-0.3, -0.25) is 9.59 Å². The van der Waals surface area contributed by atoms with E-state index >= 15 is 0 Å². The van der Waals surface area contributed by atoms with Crippen molar-refractivity contribution in [2.45, 2.75) is 51.1 Å². The second kappa shape index (κ2) is 6.87. The summed E-state index contributed by atoms with van der Waals surface area (Å²) in [6.07, 6.45) is -1.61. The second-order valence-corrected chi connectivity index (χ2v) is 6.41. The first kappa shape index (κ1) is 17.1. The van der Waals surface area contributed by atoms with E-state index in [1.807, 2.05) is 0 Å². The lowest BCUT2D eigenvalue weighted by atomic mass is 9.77. The van der Waals surface area contributed by atoms with Crippen LogP contribution < -0.4 is 0 Å². The highest BCUT2D eigenvalue weighted by molar-refractivity contribution is 5.79. The first-order valence-corrected chi connectivity index (χ1v) is 7.86. The van der Waals surface area contributed by atoms with E-state index in [9.17, 15) is 22.8 Å². The van der Waals surface area contributed by atoms with Gasteiger partial charge in [0.05, 0.1) is 5.92 Å². The number of hydrogen-bond acceptors (Lipinski definition) is 2. The van der Waals surface area contributed by atoms with E-state index in [0.717, 1.165) is 0 Å². The summed E-state index contributed by atoms with van der Waals surface area (Å²) in [6.45, 7) is 0.746. The molecular formula is C15H22F3NO3. The predicted octanol–water partition coefficient (Wildman–Crippen LogP) is 3.07. The summed E-state index contributed by atoms with van der Waals surface area (Å²) in [5.74, 6) is -3.72. The molecule has 0 spiro atoms. The molecule has 4 nitrogen and oxygen atoms in total. The van der Waals surface area contributed by atoms with Crippen LogP contribution in [0.1, 0.15) is 44.9 Å². The summed E-state index contributed by atoms with van der Waals surface area (Å²) in [4.78, 5) is 24.6. The predicted molar refractivity (Wildman–Crippen MR) is 73.1 cm³/mol. The van der Waals surface area contributed by atoms with Gasteiger partial charge in [-0.15, -0.1) is 0 Å². The Kier molecular flexibility index (Phi) is 5.34. The van der Waals surface area contributed by atoms with Crippen molar-refractivity contribution in [1.29, 1.82) is 0 Å². The van der Waals surface area contributed by atoms with Crippen LogP contribution in [0.3, 0.4) is 0 Å². The molecule has 2 unspecified atom stereocenters. The van der Waals surface area contributed by atoms with Crippen LogP contribution >= 0.6 is 0 Å². The number of alkyl halides is 3. The molecule has 7 heteroatoms. The smallest absolute Gasteiger partial charge is 0.392 e. The van der Waals surface area contributed by atoms with Crippen molar-refractivity contribution >= 4 is 11.9 Å².